The van der Waals surface area contributed by atoms with Gasteiger partial charge in [-0.3, -0.25) is 9.78 Å². The quantitative estimate of drug-likeness (QED) is 0.403. The number of aliphatic hydroxyl groups excluding tert-OH is 2. The molecule has 0 saturated heterocycles. The fourth-order valence-electron chi connectivity index (χ4n) is 3.85. The van der Waals surface area contributed by atoms with Crippen molar-refractivity contribution in [1.29, 1.82) is 0 Å². The van der Waals surface area contributed by atoms with E-state index in [4.69, 9.17) is 14.8 Å². The van der Waals surface area contributed by atoms with Crippen LogP contribution >= 0.6 is 0 Å². The fraction of sp³-hybridized carbons (Fsp3) is 0.462. The molecule has 1 aromatic heterocycles. The van der Waals surface area contributed by atoms with Crippen LogP contribution in [-0.2, 0) is 16.1 Å². The number of benzene rings is 1. The van der Waals surface area contributed by atoms with Crippen molar-refractivity contribution in [1.82, 2.24) is 4.98 Å². The third-order valence-electron chi connectivity index (χ3n) is 5.32. The number of aliphatic carboxylic acids is 1. The predicted octanol–water partition coefficient (Wildman–Crippen LogP) is 3.96. The molecule has 2 atom stereocenters. The maximum atomic E-state index is 13.7. The first-order valence-corrected chi connectivity index (χ1v) is 11.1. The summed E-state index contributed by atoms with van der Waals surface area (Å²) in [4.78, 5) is 15.8. The molecular formula is C26H36CaFNO5. The van der Waals surface area contributed by atoms with Gasteiger partial charge in [-0.25, -0.2) is 4.39 Å². The minimum atomic E-state index is -1.16. The Balaban J connectivity index is 0.00000578. The summed E-state index contributed by atoms with van der Waals surface area (Å²) >= 11 is 0. The van der Waals surface area contributed by atoms with Crippen molar-refractivity contribution in [2.24, 2.45) is 0 Å². The zero-order valence-corrected chi connectivity index (χ0v) is 19.9. The van der Waals surface area contributed by atoms with Gasteiger partial charge in [0, 0.05) is 30.4 Å². The molecule has 184 valence electrons. The van der Waals surface area contributed by atoms with Crippen LogP contribution in [0.25, 0.3) is 17.2 Å². The van der Waals surface area contributed by atoms with Crippen molar-refractivity contribution in [3.05, 3.63) is 58.7 Å². The standard InChI is InChI=1S/C26H34FNO5.Ca.2H/c1-15(2)25-21(11-10-19(29)12-20(30)13-23(31)32)24(17-6-8-18(27)9-7-17)22(14-33-5)26(28-25)16(3)4;;;/h6-11,15-16,19-20,29-30H,12-14H2,1-5H3,(H,31,32);;;/t19-,20-;;;/m1.../s1. The molecule has 0 spiro atoms. The monoisotopic (exact) mass is 501 g/mol. The second kappa shape index (κ2) is 14.3. The van der Waals surface area contributed by atoms with Gasteiger partial charge in [0.1, 0.15) is 5.82 Å². The van der Waals surface area contributed by atoms with Gasteiger partial charge in [-0.1, -0.05) is 52.0 Å². The maximum absolute atomic E-state index is 13.7. The van der Waals surface area contributed by atoms with Crippen LogP contribution in [0, 0.1) is 5.82 Å². The molecule has 0 amide bonds. The van der Waals surface area contributed by atoms with E-state index in [2.05, 4.69) is 13.8 Å². The van der Waals surface area contributed by atoms with Crippen molar-refractivity contribution in [2.75, 3.05) is 7.11 Å². The molecule has 0 fully saturated rings. The second-order valence-corrected chi connectivity index (χ2v) is 8.81. The van der Waals surface area contributed by atoms with Crippen molar-refractivity contribution in [3.8, 4) is 11.1 Å². The van der Waals surface area contributed by atoms with Crippen LogP contribution in [0.2, 0.25) is 0 Å². The zero-order chi connectivity index (χ0) is 24.7. The zero-order valence-electron chi connectivity index (χ0n) is 19.9. The molecule has 0 aliphatic heterocycles. The Morgan fingerprint density at radius 2 is 1.68 bits per heavy atom. The molecule has 6 nitrogen and oxygen atoms in total. The van der Waals surface area contributed by atoms with Crippen LogP contribution in [0.3, 0.4) is 0 Å². The Labute approximate surface area is 230 Å². The van der Waals surface area contributed by atoms with Crippen LogP contribution in [0.15, 0.2) is 30.3 Å². The Hall–Kier alpha value is -1.35. The van der Waals surface area contributed by atoms with Gasteiger partial charge >= 0.3 is 43.7 Å². The van der Waals surface area contributed by atoms with E-state index < -0.39 is 24.6 Å². The number of aliphatic hydroxyl groups is 2. The first-order valence-electron chi connectivity index (χ1n) is 11.1. The summed E-state index contributed by atoms with van der Waals surface area (Å²) in [5, 5.41) is 29.1. The van der Waals surface area contributed by atoms with Gasteiger partial charge in [-0.15, -0.1) is 0 Å². The SMILES string of the molecule is COCc1c(C(C)C)nc(C(C)C)c(C=C[C@@H](O)C[C@@H](O)CC(=O)O)c1-c1ccc(F)cc1.[CaH2]. The molecule has 34 heavy (non-hydrogen) atoms. The molecule has 3 N–H and O–H groups in total. The molecule has 0 unspecified atom stereocenters. The van der Waals surface area contributed by atoms with Gasteiger partial charge in [0.25, 0.3) is 0 Å². The van der Waals surface area contributed by atoms with E-state index in [1.54, 1.807) is 25.3 Å². The molecule has 1 heterocycles. The summed E-state index contributed by atoms with van der Waals surface area (Å²) in [5.74, 6) is -1.28. The molecule has 0 aliphatic rings. The van der Waals surface area contributed by atoms with E-state index in [9.17, 15) is 19.4 Å². The van der Waals surface area contributed by atoms with Gasteiger partial charge in [0.15, 0.2) is 0 Å². The van der Waals surface area contributed by atoms with Crippen LogP contribution in [0.5, 0.6) is 0 Å². The molecule has 2 rings (SSSR count). The number of carbonyl (C=O) groups is 1. The van der Waals surface area contributed by atoms with E-state index in [-0.39, 0.29) is 61.8 Å². The Bertz CT molecular complexity index is 976. The molecule has 0 bridgehead atoms. The Morgan fingerprint density at radius 3 is 2.18 bits per heavy atom. The third kappa shape index (κ3) is 8.40. The van der Waals surface area contributed by atoms with Crippen molar-refractivity contribution in [2.45, 2.75) is 71.2 Å². The molecule has 8 heteroatoms. The summed E-state index contributed by atoms with van der Waals surface area (Å²) in [7, 11) is 1.61. The average Bonchev–Trinajstić information content (AvgIpc) is 2.72. The Morgan fingerprint density at radius 1 is 1.09 bits per heavy atom. The predicted molar refractivity (Wildman–Crippen MR) is 135 cm³/mol. The number of halogens is 1. The number of pyridine rings is 1. The van der Waals surface area contributed by atoms with E-state index in [0.717, 1.165) is 33.6 Å². The summed E-state index contributed by atoms with van der Waals surface area (Å²) in [6.45, 7) is 8.49. The van der Waals surface area contributed by atoms with E-state index in [1.807, 2.05) is 13.8 Å². The van der Waals surface area contributed by atoms with Gasteiger partial charge in [-0.05, 0) is 35.1 Å². The number of hydrogen-bond acceptors (Lipinski definition) is 5. The number of carboxylic acids is 1. The van der Waals surface area contributed by atoms with Gasteiger partial charge in [-0.2, -0.15) is 0 Å². The van der Waals surface area contributed by atoms with Crippen LogP contribution < -0.4 is 0 Å². The second-order valence-electron chi connectivity index (χ2n) is 8.81. The summed E-state index contributed by atoms with van der Waals surface area (Å²) in [6, 6.07) is 6.23. The fourth-order valence-corrected chi connectivity index (χ4v) is 3.85. The summed E-state index contributed by atoms with van der Waals surface area (Å²) in [6.07, 6.45) is 0.541. The number of aromatic nitrogens is 1. The van der Waals surface area contributed by atoms with Crippen LogP contribution in [-0.4, -0.2) is 83.3 Å². The van der Waals surface area contributed by atoms with Crippen molar-refractivity contribution < 1.29 is 29.2 Å². The topological polar surface area (TPSA) is 99.9 Å². The number of hydrogen-bond donors (Lipinski definition) is 3. The normalized spacial score (nSPS) is 13.4. The number of rotatable bonds is 11. The Kier molecular flexibility index (Phi) is 12.9. The number of ether oxygens (including phenoxy) is 1. The molecular weight excluding hydrogens is 465 g/mol. The molecule has 0 radical (unpaired) electrons. The molecule has 0 saturated carbocycles. The minimum absolute atomic E-state index is 0. The van der Waals surface area contributed by atoms with Gasteiger partial charge in [0.05, 0.1) is 30.9 Å². The van der Waals surface area contributed by atoms with Crippen LogP contribution in [0.1, 0.15) is 74.9 Å². The van der Waals surface area contributed by atoms with Gasteiger partial charge < -0.3 is 20.1 Å². The van der Waals surface area contributed by atoms with E-state index in [0.29, 0.717) is 6.61 Å². The summed E-state index contributed by atoms with van der Waals surface area (Å²) in [5.41, 5.74) is 5.05. The van der Waals surface area contributed by atoms with E-state index in [1.165, 1.54) is 18.2 Å². The molecule has 0 aliphatic carbocycles. The number of nitrogens with zero attached hydrogens (tertiary/aromatic N) is 1. The molecule has 1 aromatic carbocycles. The van der Waals surface area contributed by atoms with E-state index >= 15 is 0 Å². The first-order chi connectivity index (χ1) is 15.5. The summed E-state index contributed by atoms with van der Waals surface area (Å²) < 4.78 is 19.2. The average molecular weight is 502 g/mol. The van der Waals surface area contributed by atoms with Crippen molar-refractivity contribution in [3.63, 3.8) is 0 Å². The first kappa shape index (κ1) is 30.7. The third-order valence-corrected chi connectivity index (χ3v) is 5.32. The molecule has 2 aromatic rings. The van der Waals surface area contributed by atoms with Gasteiger partial charge in [0.2, 0.25) is 0 Å². The van der Waals surface area contributed by atoms with Crippen molar-refractivity contribution >= 4 is 49.8 Å². The van der Waals surface area contributed by atoms with Crippen LogP contribution in [0.4, 0.5) is 4.39 Å². The number of carboxylic acid groups (broad SMARTS) is 1. The number of methoxy groups -OCH3 is 1.